The second kappa shape index (κ2) is 5.75. The fourth-order valence-electron chi connectivity index (χ4n) is 1.70. The Morgan fingerprint density at radius 1 is 1.47 bits per heavy atom. The Balaban J connectivity index is 2.18. The van der Waals surface area contributed by atoms with Crippen LogP contribution in [-0.4, -0.2) is 9.78 Å². The summed E-state index contributed by atoms with van der Waals surface area (Å²) in [4.78, 5) is 14.4. The van der Waals surface area contributed by atoms with Gasteiger partial charge in [0.05, 0.1) is 17.9 Å². The topological polar surface area (TPSA) is 46.9 Å². The summed E-state index contributed by atoms with van der Waals surface area (Å²) >= 11 is 7.80. The number of nitrogens with zero attached hydrogens (tertiary/aromatic N) is 2. The van der Waals surface area contributed by atoms with Gasteiger partial charge in [-0.05, 0) is 32.9 Å². The zero-order valence-corrected chi connectivity index (χ0v) is 12.7. The standard InChI is InChI=1S/C13H16ClN3OS/c1-8(2)17-13(18)12(14)11(7-16-17)15-6-10-5-4-9(3)19-10/h4-5,7-8,15H,6H2,1-3H3. The molecule has 0 amide bonds. The minimum atomic E-state index is -0.260. The van der Waals surface area contributed by atoms with Gasteiger partial charge in [-0.25, -0.2) is 4.68 Å². The summed E-state index contributed by atoms with van der Waals surface area (Å²) in [6.07, 6.45) is 1.60. The van der Waals surface area contributed by atoms with Gasteiger partial charge >= 0.3 is 0 Å². The number of aromatic nitrogens is 2. The van der Waals surface area contributed by atoms with Crippen molar-refractivity contribution in [3.05, 3.63) is 43.5 Å². The third-order valence-corrected chi connectivity index (χ3v) is 4.05. The number of aryl methyl sites for hydroxylation is 1. The molecule has 6 heteroatoms. The van der Waals surface area contributed by atoms with Crippen LogP contribution in [-0.2, 0) is 6.54 Å². The van der Waals surface area contributed by atoms with Gasteiger partial charge in [-0.2, -0.15) is 5.10 Å². The largest absolute Gasteiger partial charge is 0.377 e. The van der Waals surface area contributed by atoms with Crippen LogP contribution >= 0.6 is 22.9 Å². The lowest BCUT2D eigenvalue weighted by atomic mass is 10.3. The van der Waals surface area contributed by atoms with Gasteiger partial charge in [0.1, 0.15) is 5.02 Å². The molecule has 2 aromatic rings. The average molecular weight is 298 g/mol. The Morgan fingerprint density at radius 3 is 2.79 bits per heavy atom. The van der Waals surface area contributed by atoms with E-state index in [4.69, 9.17) is 11.6 Å². The van der Waals surface area contributed by atoms with Gasteiger partial charge in [0.15, 0.2) is 0 Å². The molecule has 0 aliphatic carbocycles. The van der Waals surface area contributed by atoms with E-state index in [1.807, 2.05) is 13.8 Å². The van der Waals surface area contributed by atoms with E-state index in [0.29, 0.717) is 12.2 Å². The highest BCUT2D eigenvalue weighted by molar-refractivity contribution is 7.11. The van der Waals surface area contributed by atoms with Gasteiger partial charge < -0.3 is 5.32 Å². The molecule has 0 saturated heterocycles. The summed E-state index contributed by atoms with van der Waals surface area (Å²) in [6, 6.07) is 4.13. The molecule has 2 rings (SSSR count). The van der Waals surface area contributed by atoms with E-state index in [0.717, 1.165) is 0 Å². The highest BCUT2D eigenvalue weighted by atomic mass is 35.5. The van der Waals surface area contributed by atoms with Gasteiger partial charge in [-0.15, -0.1) is 11.3 Å². The van der Waals surface area contributed by atoms with Crippen LogP contribution in [0.5, 0.6) is 0 Å². The Morgan fingerprint density at radius 2 is 2.21 bits per heavy atom. The fraction of sp³-hybridized carbons (Fsp3) is 0.385. The molecule has 1 N–H and O–H groups in total. The molecule has 0 unspecified atom stereocenters. The first-order valence-corrected chi connectivity index (χ1v) is 7.25. The Labute approximate surface area is 121 Å². The zero-order chi connectivity index (χ0) is 14.0. The quantitative estimate of drug-likeness (QED) is 0.940. The van der Waals surface area contributed by atoms with Crippen molar-refractivity contribution in [1.82, 2.24) is 9.78 Å². The van der Waals surface area contributed by atoms with E-state index < -0.39 is 0 Å². The Bertz CT molecular complexity index is 633. The molecule has 19 heavy (non-hydrogen) atoms. The van der Waals surface area contributed by atoms with Crippen LogP contribution in [0.2, 0.25) is 5.02 Å². The van der Waals surface area contributed by atoms with Crippen molar-refractivity contribution in [2.24, 2.45) is 0 Å². The predicted molar refractivity (Wildman–Crippen MR) is 80.3 cm³/mol. The maximum absolute atomic E-state index is 12.0. The first-order valence-electron chi connectivity index (χ1n) is 6.05. The lowest BCUT2D eigenvalue weighted by molar-refractivity contribution is 0.503. The van der Waals surface area contributed by atoms with Crippen LogP contribution in [0.1, 0.15) is 29.6 Å². The molecule has 2 aromatic heterocycles. The van der Waals surface area contributed by atoms with Crippen LogP contribution in [0.25, 0.3) is 0 Å². The number of thiophene rings is 1. The van der Waals surface area contributed by atoms with E-state index in [-0.39, 0.29) is 16.6 Å². The summed E-state index contributed by atoms with van der Waals surface area (Å²) in [5, 5.41) is 7.46. The number of hydrogen-bond donors (Lipinski definition) is 1. The van der Waals surface area contributed by atoms with Crippen molar-refractivity contribution >= 4 is 28.6 Å². The maximum atomic E-state index is 12.0. The van der Waals surface area contributed by atoms with E-state index in [1.165, 1.54) is 14.4 Å². The molecule has 0 saturated carbocycles. The predicted octanol–water partition coefficient (Wildman–Crippen LogP) is 3.46. The van der Waals surface area contributed by atoms with Crippen molar-refractivity contribution in [1.29, 1.82) is 0 Å². The van der Waals surface area contributed by atoms with Crippen LogP contribution < -0.4 is 10.9 Å². The van der Waals surface area contributed by atoms with Gasteiger partial charge in [-0.1, -0.05) is 11.6 Å². The van der Waals surface area contributed by atoms with Crippen molar-refractivity contribution in [2.75, 3.05) is 5.32 Å². The van der Waals surface area contributed by atoms with Crippen LogP contribution in [0, 0.1) is 6.92 Å². The highest BCUT2D eigenvalue weighted by Crippen LogP contribution is 2.20. The van der Waals surface area contributed by atoms with Gasteiger partial charge in [-0.3, -0.25) is 4.79 Å². The minimum Gasteiger partial charge on any atom is -0.377 e. The van der Waals surface area contributed by atoms with E-state index in [9.17, 15) is 4.79 Å². The SMILES string of the molecule is Cc1ccc(CNc2cnn(C(C)C)c(=O)c2Cl)s1. The molecule has 0 spiro atoms. The van der Waals surface area contributed by atoms with Crippen molar-refractivity contribution in [3.63, 3.8) is 0 Å². The summed E-state index contributed by atoms with van der Waals surface area (Å²) in [7, 11) is 0. The lowest BCUT2D eigenvalue weighted by Gasteiger charge is -2.11. The molecule has 0 radical (unpaired) electrons. The molecule has 0 aliphatic rings. The van der Waals surface area contributed by atoms with Gasteiger partial charge in [0, 0.05) is 16.3 Å². The Kier molecular flexibility index (Phi) is 4.27. The number of nitrogens with one attached hydrogen (secondary N) is 1. The monoisotopic (exact) mass is 297 g/mol. The molecular formula is C13H16ClN3OS. The molecule has 4 nitrogen and oxygen atoms in total. The molecule has 2 heterocycles. The van der Waals surface area contributed by atoms with Gasteiger partial charge in [0.2, 0.25) is 0 Å². The average Bonchev–Trinajstić information content (AvgIpc) is 2.76. The first-order chi connectivity index (χ1) is 8.99. The lowest BCUT2D eigenvalue weighted by Crippen LogP contribution is -2.25. The number of halogens is 1. The van der Waals surface area contributed by atoms with Crippen LogP contribution in [0.4, 0.5) is 5.69 Å². The summed E-state index contributed by atoms with van der Waals surface area (Å²) in [5.74, 6) is 0. The smallest absolute Gasteiger partial charge is 0.287 e. The summed E-state index contributed by atoms with van der Waals surface area (Å²) in [6.45, 7) is 6.50. The number of rotatable bonds is 4. The van der Waals surface area contributed by atoms with E-state index in [2.05, 4.69) is 29.5 Å². The molecule has 0 bridgehead atoms. The fourth-order valence-corrected chi connectivity index (χ4v) is 2.73. The third kappa shape index (κ3) is 3.16. The van der Waals surface area contributed by atoms with Crippen molar-refractivity contribution < 1.29 is 0 Å². The third-order valence-electron chi connectivity index (χ3n) is 2.68. The number of hydrogen-bond acceptors (Lipinski definition) is 4. The molecule has 0 atom stereocenters. The summed E-state index contributed by atoms with van der Waals surface area (Å²) in [5.41, 5.74) is 0.318. The van der Waals surface area contributed by atoms with Gasteiger partial charge in [0.25, 0.3) is 5.56 Å². The molecular weight excluding hydrogens is 282 g/mol. The molecule has 0 aliphatic heterocycles. The van der Waals surface area contributed by atoms with Crippen LogP contribution in [0.3, 0.4) is 0 Å². The molecule has 0 fully saturated rings. The molecule has 0 aromatic carbocycles. The Hall–Kier alpha value is -1.33. The van der Waals surface area contributed by atoms with E-state index in [1.54, 1.807) is 17.5 Å². The van der Waals surface area contributed by atoms with E-state index >= 15 is 0 Å². The van der Waals surface area contributed by atoms with Crippen molar-refractivity contribution in [3.8, 4) is 0 Å². The number of anilines is 1. The maximum Gasteiger partial charge on any atom is 0.287 e. The minimum absolute atomic E-state index is 0.000930. The second-order valence-electron chi connectivity index (χ2n) is 4.58. The zero-order valence-electron chi connectivity index (χ0n) is 11.1. The molecule has 102 valence electrons. The second-order valence-corrected chi connectivity index (χ2v) is 6.33. The summed E-state index contributed by atoms with van der Waals surface area (Å²) < 4.78 is 1.38. The first kappa shape index (κ1) is 14.1. The van der Waals surface area contributed by atoms with Crippen molar-refractivity contribution in [2.45, 2.75) is 33.4 Å². The normalized spacial score (nSPS) is 11.0. The highest BCUT2D eigenvalue weighted by Gasteiger charge is 2.11. The van der Waals surface area contributed by atoms with Crippen LogP contribution in [0.15, 0.2) is 23.1 Å².